The van der Waals surface area contributed by atoms with Gasteiger partial charge in [-0.2, -0.15) is 0 Å². The zero-order valence-corrected chi connectivity index (χ0v) is 13.5. The van der Waals surface area contributed by atoms with Crippen molar-refractivity contribution < 1.29 is 0 Å². The van der Waals surface area contributed by atoms with E-state index in [9.17, 15) is 0 Å². The molecule has 1 aromatic rings. The van der Waals surface area contributed by atoms with Crippen molar-refractivity contribution in [3.05, 3.63) is 29.3 Å². The van der Waals surface area contributed by atoms with Gasteiger partial charge in [-0.25, -0.2) is 4.99 Å². The fourth-order valence-corrected chi connectivity index (χ4v) is 6.03. The fraction of sp³-hybridized carbons (Fsp3) is 0.500. The molecule has 0 saturated heterocycles. The molecule has 1 radical (unpaired) electrons. The molecule has 3 nitrogen and oxygen atoms in total. The predicted octanol–water partition coefficient (Wildman–Crippen LogP) is 3.03. The minimum absolute atomic E-state index is 0.326. The van der Waals surface area contributed by atoms with E-state index in [-0.39, 0.29) is 0 Å². The zero-order chi connectivity index (χ0) is 14.5. The average Bonchev–Trinajstić information content (AvgIpc) is 2.75. The summed E-state index contributed by atoms with van der Waals surface area (Å²) in [5, 5.41) is 9.32. The molecule has 2 rings (SSSR count). The fourth-order valence-electron chi connectivity index (χ4n) is 2.73. The van der Waals surface area contributed by atoms with Crippen LogP contribution < -0.4 is 10.9 Å². The highest BCUT2D eigenvalue weighted by atomic mass is 28.3. The Morgan fingerprint density at radius 1 is 1.15 bits per heavy atom. The highest BCUT2D eigenvalue weighted by Gasteiger charge is 2.25. The number of nitrogens with two attached hydrogens (primary N) is 1. The lowest BCUT2D eigenvalue weighted by molar-refractivity contribution is 0.845. The molecule has 0 atom stereocenters. The van der Waals surface area contributed by atoms with E-state index in [4.69, 9.17) is 11.1 Å². The summed E-state index contributed by atoms with van der Waals surface area (Å²) >= 11 is 0. The molecule has 1 heterocycles. The number of nitrogens with one attached hydrogen (secondary N) is 1. The molecule has 1 aromatic carbocycles. The molecule has 0 bridgehead atoms. The number of fused-ring (bicyclic) bond motifs is 1. The van der Waals surface area contributed by atoms with Crippen LogP contribution in [0.5, 0.6) is 0 Å². The quantitative estimate of drug-likeness (QED) is 0.744. The van der Waals surface area contributed by atoms with Crippen LogP contribution in [-0.2, 0) is 0 Å². The Labute approximate surface area is 123 Å². The van der Waals surface area contributed by atoms with E-state index in [1.165, 1.54) is 43.0 Å². The zero-order valence-electron chi connectivity index (χ0n) is 12.5. The van der Waals surface area contributed by atoms with Gasteiger partial charge in [0.15, 0.2) is 5.84 Å². The van der Waals surface area contributed by atoms with Crippen LogP contribution in [0.4, 0.5) is 0 Å². The first kappa shape index (κ1) is 15.0. The monoisotopic (exact) mass is 286 g/mol. The second-order valence-electron chi connectivity index (χ2n) is 5.38. The summed E-state index contributed by atoms with van der Waals surface area (Å²) in [7, 11) is -0.585. The van der Waals surface area contributed by atoms with Crippen molar-refractivity contribution >= 4 is 25.7 Å². The largest absolute Gasteiger partial charge is 0.383 e. The van der Waals surface area contributed by atoms with Crippen LogP contribution in [0.25, 0.3) is 0 Å². The van der Waals surface area contributed by atoms with Crippen molar-refractivity contribution in [1.82, 2.24) is 0 Å². The molecule has 0 unspecified atom stereocenters. The normalized spacial score (nSPS) is 13.8. The molecule has 0 fully saturated rings. The van der Waals surface area contributed by atoms with Gasteiger partial charge in [0, 0.05) is 11.1 Å². The van der Waals surface area contributed by atoms with Gasteiger partial charge in [0.1, 0.15) is 5.84 Å². The van der Waals surface area contributed by atoms with E-state index in [0.717, 1.165) is 11.1 Å². The lowest BCUT2D eigenvalue weighted by Crippen LogP contribution is -2.36. The van der Waals surface area contributed by atoms with Gasteiger partial charge in [-0.1, -0.05) is 75.0 Å². The summed E-state index contributed by atoms with van der Waals surface area (Å²) in [5.41, 5.74) is 8.05. The SMILES string of the molecule is CCCC[Si](CCCC)c1cccc2c1C(N)=NC2=N. The van der Waals surface area contributed by atoms with Gasteiger partial charge in [-0.05, 0) is 0 Å². The maximum Gasteiger partial charge on any atom is 0.154 e. The van der Waals surface area contributed by atoms with E-state index in [0.29, 0.717) is 11.7 Å². The van der Waals surface area contributed by atoms with Crippen LogP contribution in [-0.4, -0.2) is 20.5 Å². The first-order chi connectivity index (χ1) is 9.69. The smallest absolute Gasteiger partial charge is 0.154 e. The number of nitrogens with zero attached hydrogens (tertiary/aromatic N) is 1. The molecule has 0 saturated carbocycles. The Hall–Kier alpha value is -1.42. The maximum atomic E-state index is 7.92. The number of rotatable bonds is 7. The molecular weight excluding hydrogens is 262 g/mol. The Balaban J connectivity index is 2.34. The van der Waals surface area contributed by atoms with E-state index in [1.54, 1.807) is 0 Å². The van der Waals surface area contributed by atoms with Gasteiger partial charge in [-0.15, -0.1) is 0 Å². The van der Waals surface area contributed by atoms with Crippen molar-refractivity contribution in [2.45, 2.75) is 51.6 Å². The molecular formula is C16H24N3Si. The Morgan fingerprint density at radius 2 is 1.80 bits per heavy atom. The molecule has 0 aromatic heterocycles. The minimum Gasteiger partial charge on any atom is -0.383 e. The van der Waals surface area contributed by atoms with Crippen LogP contribution >= 0.6 is 0 Å². The second kappa shape index (κ2) is 6.84. The van der Waals surface area contributed by atoms with Gasteiger partial charge in [0.05, 0.1) is 8.80 Å². The van der Waals surface area contributed by atoms with Crippen molar-refractivity contribution in [2.24, 2.45) is 10.7 Å². The van der Waals surface area contributed by atoms with Gasteiger partial charge < -0.3 is 5.73 Å². The van der Waals surface area contributed by atoms with E-state index >= 15 is 0 Å². The van der Waals surface area contributed by atoms with E-state index in [1.807, 2.05) is 6.07 Å². The molecule has 1 aliphatic heterocycles. The number of unbranched alkanes of at least 4 members (excludes halogenated alkanes) is 2. The summed E-state index contributed by atoms with van der Waals surface area (Å²) < 4.78 is 0. The first-order valence-electron chi connectivity index (χ1n) is 7.60. The number of hydrogen-bond donors (Lipinski definition) is 2. The van der Waals surface area contributed by atoms with Gasteiger partial charge >= 0.3 is 0 Å². The predicted molar refractivity (Wildman–Crippen MR) is 88.8 cm³/mol. The minimum atomic E-state index is -0.585. The van der Waals surface area contributed by atoms with Gasteiger partial charge in [0.2, 0.25) is 0 Å². The van der Waals surface area contributed by atoms with Crippen LogP contribution in [0.1, 0.15) is 50.7 Å². The van der Waals surface area contributed by atoms with Crippen molar-refractivity contribution in [1.29, 1.82) is 5.41 Å². The van der Waals surface area contributed by atoms with Crippen LogP contribution in [0.2, 0.25) is 12.1 Å². The second-order valence-corrected chi connectivity index (χ2v) is 8.13. The Kier molecular flexibility index (Phi) is 5.12. The Bertz CT molecular complexity index is 514. The van der Waals surface area contributed by atoms with Crippen molar-refractivity contribution in [3.8, 4) is 0 Å². The molecule has 0 amide bonds. The number of aliphatic imine (C=N–C) groups is 1. The maximum absolute atomic E-state index is 7.92. The molecule has 0 aliphatic carbocycles. The summed E-state index contributed by atoms with van der Waals surface area (Å²) in [4.78, 5) is 4.15. The first-order valence-corrected chi connectivity index (χ1v) is 9.52. The summed E-state index contributed by atoms with van der Waals surface area (Å²) in [6.45, 7) is 4.50. The Morgan fingerprint density at radius 3 is 2.40 bits per heavy atom. The lowest BCUT2D eigenvalue weighted by atomic mass is 10.1. The van der Waals surface area contributed by atoms with Crippen molar-refractivity contribution in [3.63, 3.8) is 0 Å². The standard InChI is InChI=1S/C16H24N3Si/c1-3-5-10-20(11-6-4-2)13-9-7-8-12-14(13)16(18)19-15(12)17/h7-9H,3-6,10-11H2,1-2H3,(H3,17,18,19). The number of amidine groups is 2. The molecule has 0 spiro atoms. The molecule has 1 aliphatic rings. The molecule has 20 heavy (non-hydrogen) atoms. The molecule has 3 N–H and O–H groups in total. The molecule has 4 heteroatoms. The summed E-state index contributed by atoms with van der Waals surface area (Å²) in [6.07, 6.45) is 5.07. The van der Waals surface area contributed by atoms with Crippen LogP contribution in [0.3, 0.4) is 0 Å². The number of benzene rings is 1. The molecule has 107 valence electrons. The highest BCUT2D eigenvalue weighted by Crippen LogP contribution is 2.19. The highest BCUT2D eigenvalue weighted by molar-refractivity contribution is 6.74. The average molecular weight is 286 g/mol. The van der Waals surface area contributed by atoms with Gasteiger partial charge in [0.25, 0.3) is 0 Å². The van der Waals surface area contributed by atoms with Crippen LogP contribution in [0, 0.1) is 5.41 Å². The third-order valence-electron chi connectivity index (χ3n) is 3.85. The van der Waals surface area contributed by atoms with Gasteiger partial charge in [-0.3, -0.25) is 5.41 Å². The van der Waals surface area contributed by atoms with Crippen LogP contribution in [0.15, 0.2) is 23.2 Å². The van der Waals surface area contributed by atoms with E-state index in [2.05, 4.69) is 31.0 Å². The van der Waals surface area contributed by atoms with Crippen molar-refractivity contribution in [2.75, 3.05) is 0 Å². The van der Waals surface area contributed by atoms with E-state index < -0.39 is 8.80 Å². The topological polar surface area (TPSA) is 62.2 Å². The summed E-state index contributed by atoms with van der Waals surface area (Å²) in [5.74, 6) is 0.878. The number of hydrogen-bond acceptors (Lipinski definition) is 2. The summed E-state index contributed by atoms with van der Waals surface area (Å²) in [6, 6.07) is 8.87. The third-order valence-corrected chi connectivity index (χ3v) is 6.95. The lowest BCUT2D eigenvalue weighted by Gasteiger charge is -2.18. The third kappa shape index (κ3) is 3.01.